The van der Waals surface area contributed by atoms with Crippen LogP contribution in [-0.4, -0.2) is 37.2 Å². The Morgan fingerprint density at radius 2 is 2.40 bits per heavy atom. The molecule has 0 aliphatic carbocycles. The normalized spacial score (nSPS) is 21.9. The van der Waals surface area contributed by atoms with Gasteiger partial charge in [-0.15, -0.1) is 0 Å². The van der Waals surface area contributed by atoms with E-state index < -0.39 is 0 Å². The van der Waals surface area contributed by atoms with E-state index in [0.29, 0.717) is 5.92 Å². The molecule has 0 unspecified atom stereocenters. The van der Waals surface area contributed by atoms with Crippen molar-refractivity contribution in [2.45, 2.75) is 12.3 Å². The molecule has 0 radical (unpaired) electrons. The van der Waals surface area contributed by atoms with E-state index in [1.807, 2.05) is 13.2 Å². The topological polar surface area (TPSA) is 37.4 Å². The molecule has 1 atom stereocenters. The highest BCUT2D eigenvalue weighted by atomic mass is 16.5. The van der Waals surface area contributed by atoms with Crippen molar-refractivity contribution in [1.29, 1.82) is 0 Å². The van der Waals surface area contributed by atoms with E-state index in [1.54, 1.807) is 13.3 Å². The predicted molar refractivity (Wildman–Crippen MR) is 58.8 cm³/mol. The Morgan fingerprint density at radius 1 is 1.53 bits per heavy atom. The van der Waals surface area contributed by atoms with Crippen LogP contribution in [0.3, 0.4) is 0 Å². The van der Waals surface area contributed by atoms with Gasteiger partial charge in [0.1, 0.15) is 5.75 Å². The number of nitrogens with zero attached hydrogens (tertiary/aromatic N) is 2. The summed E-state index contributed by atoms with van der Waals surface area (Å²) in [5, 5.41) is 2.23. The molecule has 82 valence electrons. The quantitative estimate of drug-likeness (QED) is 0.803. The highest BCUT2D eigenvalue weighted by Crippen LogP contribution is 2.27. The Hall–Kier alpha value is -1.13. The minimum Gasteiger partial charge on any atom is -0.495 e. The van der Waals surface area contributed by atoms with Gasteiger partial charge >= 0.3 is 0 Å². The van der Waals surface area contributed by atoms with Crippen LogP contribution >= 0.6 is 0 Å². The average molecular weight is 207 g/mol. The molecule has 1 aromatic heterocycles. The molecule has 0 amide bonds. The minimum absolute atomic E-state index is 0.569. The van der Waals surface area contributed by atoms with Crippen LogP contribution in [0.5, 0.6) is 5.75 Å². The average Bonchev–Trinajstić information content (AvgIpc) is 2.78. The maximum atomic E-state index is 5.18. The smallest absolute Gasteiger partial charge is 0.137 e. The lowest BCUT2D eigenvalue weighted by Crippen LogP contribution is -2.32. The molecule has 0 saturated carbocycles. The van der Waals surface area contributed by atoms with Gasteiger partial charge < -0.3 is 4.74 Å². The number of hydrogen-bond acceptors (Lipinski definition) is 4. The van der Waals surface area contributed by atoms with Crippen molar-refractivity contribution in [3.05, 3.63) is 24.0 Å². The van der Waals surface area contributed by atoms with E-state index in [2.05, 4.69) is 21.5 Å². The summed E-state index contributed by atoms with van der Waals surface area (Å²) in [4.78, 5) is 4.19. The molecule has 2 heterocycles. The first-order chi connectivity index (χ1) is 7.33. The molecule has 1 aromatic rings. The first kappa shape index (κ1) is 10.4. The maximum absolute atomic E-state index is 5.18. The second-order valence-electron chi connectivity index (χ2n) is 3.81. The summed E-state index contributed by atoms with van der Waals surface area (Å²) in [6.45, 7) is 2.14. The fraction of sp³-hybridized carbons (Fsp3) is 0.545. The predicted octanol–water partition coefficient (Wildman–Crippen LogP) is 1.01. The number of hydrazine groups is 1. The molecule has 4 nitrogen and oxygen atoms in total. The van der Waals surface area contributed by atoms with Crippen LogP contribution < -0.4 is 10.2 Å². The summed E-state index contributed by atoms with van der Waals surface area (Å²) in [6, 6.07) is 2.08. The lowest BCUT2D eigenvalue weighted by atomic mass is 10.0. The Kier molecular flexibility index (Phi) is 3.18. The van der Waals surface area contributed by atoms with Crippen LogP contribution in [0.2, 0.25) is 0 Å². The third-order valence-corrected chi connectivity index (χ3v) is 2.95. The molecular weight excluding hydrogens is 190 g/mol. The first-order valence-electron chi connectivity index (χ1n) is 5.24. The van der Waals surface area contributed by atoms with Crippen LogP contribution in [0.1, 0.15) is 17.9 Å². The zero-order valence-electron chi connectivity index (χ0n) is 9.23. The molecule has 1 aliphatic heterocycles. The maximum Gasteiger partial charge on any atom is 0.137 e. The fourth-order valence-corrected chi connectivity index (χ4v) is 2.01. The van der Waals surface area contributed by atoms with E-state index in [-0.39, 0.29) is 0 Å². The van der Waals surface area contributed by atoms with Gasteiger partial charge in [0.15, 0.2) is 0 Å². The lowest BCUT2D eigenvalue weighted by molar-refractivity contribution is 0.258. The van der Waals surface area contributed by atoms with Crippen molar-refractivity contribution < 1.29 is 4.74 Å². The van der Waals surface area contributed by atoms with Crippen LogP contribution in [0.15, 0.2) is 18.5 Å². The van der Waals surface area contributed by atoms with Gasteiger partial charge in [-0.3, -0.25) is 10.4 Å². The number of methoxy groups -OCH3 is 1. The fourth-order valence-electron chi connectivity index (χ4n) is 2.01. The highest BCUT2D eigenvalue weighted by Gasteiger charge is 2.23. The van der Waals surface area contributed by atoms with Gasteiger partial charge in [0.2, 0.25) is 0 Å². The molecular formula is C11H17N3O. The van der Waals surface area contributed by atoms with Gasteiger partial charge in [0.05, 0.1) is 13.3 Å². The SMILES string of the molecule is CNN1CC[C@@H](c2cncc(OC)c2)C1. The summed E-state index contributed by atoms with van der Waals surface area (Å²) in [6.07, 6.45) is 4.86. The number of nitrogens with one attached hydrogen (secondary N) is 1. The Morgan fingerprint density at radius 3 is 3.07 bits per heavy atom. The Bertz CT molecular complexity index is 329. The molecule has 1 N–H and O–H groups in total. The second-order valence-corrected chi connectivity index (χ2v) is 3.81. The molecule has 1 aliphatic rings. The van der Waals surface area contributed by atoms with E-state index >= 15 is 0 Å². The molecule has 4 heteroatoms. The number of aromatic nitrogens is 1. The molecule has 1 saturated heterocycles. The van der Waals surface area contributed by atoms with Crippen LogP contribution in [0, 0.1) is 0 Å². The zero-order chi connectivity index (χ0) is 10.7. The van der Waals surface area contributed by atoms with Gasteiger partial charge in [0.25, 0.3) is 0 Å². The standard InChI is InChI=1S/C11H17N3O/c1-12-14-4-3-9(8-14)10-5-11(15-2)7-13-6-10/h5-7,9,12H,3-4,8H2,1-2H3/t9-/m1/s1. The molecule has 0 aromatic carbocycles. The van der Waals surface area contributed by atoms with E-state index in [4.69, 9.17) is 4.74 Å². The summed E-state index contributed by atoms with van der Waals surface area (Å²) < 4.78 is 5.18. The Balaban J connectivity index is 2.09. The van der Waals surface area contributed by atoms with E-state index in [9.17, 15) is 0 Å². The number of hydrogen-bond donors (Lipinski definition) is 1. The van der Waals surface area contributed by atoms with Gasteiger partial charge in [-0.2, -0.15) is 0 Å². The zero-order valence-corrected chi connectivity index (χ0v) is 9.23. The van der Waals surface area contributed by atoms with Crippen molar-refractivity contribution in [2.24, 2.45) is 0 Å². The van der Waals surface area contributed by atoms with Crippen molar-refractivity contribution in [3.8, 4) is 5.75 Å². The third kappa shape index (κ3) is 2.27. The van der Waals surface area contributed by atoms with Crippen molar-refractivity contribution in [1.82, 2.24) is 15.4 Å². The number of rotatable bonds is 3. The van der Waals surface area contributed by atoms with Crippen LogP contribution in [0.4, 0.5) is 0 Å². The van der Waals surface area contributed by atoms with Crippen molar-refractivity contribution in [3.63, 3.8) is 0 Å². The van der Waals surface area contributed by atoms with Gasteiger partial charge in [-0.1, -0.05) is 0 Å². The largest absolute Gasteiger partial charge is 0.495 e. The number of ether oxygens (including phenoxy) is 1. The van der Waals surface area contributed by atoms with Gasteiger partial charge in [0, 0.05) is 25.2 Å². The first-order valence-corrected chi connectivity index (χ1v) is 5.24. The van der Waals surface area contributed by atoms with E-state index in [1.165, 1.54) is 12.0 Å². The number of pyridine rings is 1. The third-order valence-electron chi connectivity index (χ3n) is 2.95. The summed E-state index contributed by atoms with van der Waals surface area (Å²) >= 11 is 0. The van der Waals surface area contributed by atoms with Crippen molar-refractivity contribution in [2.75, 3.05) is 27.2 Å². The minimum atomic E-state index is 0.569. The molecule has 15 heavy (non-hydrogen) atoms. The molecule has 0 spiro atoms. The molecule has 0 bridgehead atoms. The van der Waals surface area contributed by atoms with Gasteiger partial charge in [-0.05, 0) is 25.1 Å². The van der Waals surface area contributed by atoms with Crippen LogP contribution in [-0.2, 0) is 0 Å². The summed E-state index contributed by atoms with van der Waals surface area (Å²) in [5.41, 5.74) is 4.44. The van der Waals surface area contributed by atoms with E-state index in [0.717, 1.165) is 18.8 Å². The van der Waals surface area contributed by atoms with Crippen LogP contribution in [0.25, 0.3) is 0 Å². The van der Waals surface area contributed by atoms with Gasteiger partial charge in [-0.25, -0.2) is 5.01 Å². The summed E-state index contributed by atoms with van der Waals surface area (Å²) in [7, 11) is 3.64. The highest BCUT2D eigenvalue weighted by molar-refractivity contribution is 5.27. The molecule has 1 fully saturated rings. The van der Waals surface area contributed by atoms with Crippen molar-refractivity contribution >= 4 is 0 Å². The lowest BCUT2D eigenvalue weighted by Gasteiger charge is -2.14. The Labute approximate surface area is 90.2 Å². The molecule has 2 rings (SSSR count). The summed E-state index contributed by atoms with van der Waals surface area (Å²) in [5.74, 6) is 1.41. The monoisotopic (exact) mass is 207 g/mol. The second kappa shape index (κ2) is 4.59.